The Bertz CT molecular complexity index is 818. The van der Waals surface area contributed by atoms with Crippen molar-refractivity contribution >= 4 is 39.3 Å². The van der Waals surface area contributed by atoms with Crippen LogP contribution in [-0.4, -0.2) is 22.6 Å². The van der Waals surface area contributed by atoms with Gasteiger partial charge in [0.15, 0.2) is 5.78 Å². The minimum atomic E-state index is -0.585. The van der Waals surface area contributed by atoms with Gasteiger partial charge in [-0.1, -0.05) is 15.9 Å². The highest BCUT2D eigenvalue weighted by Crippen LogP contribution is 2.18. The summed E-state index contributed by atoms with van der Waals surface area (Å²) in [6, 6.07) is 13.3. The Morgan fingerprint density at radius 1 is 1.00 bits per heavy atom. The van der Waals surface area contributed by atoms with Crippen molar-refractivity contribution in [2.45, 2.75) is 26.4 Å². The maximum atomic E-state index is 12.2. The first-order valence-electron chi connectivity index (χ1n) is 7.95. The van der Waals surface area contributed by atoms with Gasteiger partial charge in [0.05, 0.1) is 0 Å². The topological polar surface area (TPSA) is 75.6 Å². The van der Waals surface area contributed by atoms with Crippen LogP contribution < -0.4 is 5.32 Å². The van der Waals surface area contributed by atoms with Gasteiger partial charge >= 0.3 is 6.09 Å². The fourth-order valence-corrected chi connectivity index (χ4v) is 2.32. The third-order valence-electron chi connectivity index (χ3n) is 3.22. The SMILES string of the molecule is CC(C)(C)OC(=O)Nc1ccc(C(O)=CC(=O)c2ccc(Br)cc2)cc1. The first-order valence-corrected chi connectivity index (χ1v) is 8.74. The van der Waals surface area contributed by atoms with Gasteiger partial charge in [-0.15, -0.1) is 0 Å². The third-order valence-corrected chi connectivity index (χ3v) is 3.75. The summed E-state index contributed by atoms with van der Waals surface area (Å²) in [6.07, 6.45) is 0.606. The van der Waals surface area contributed by atoms with Gasteiger partial charge in [-0.2, -0.15) is 0 Å². The molecule has 2 aromatic carbocycles. The van der Waals surface area contributed by atoms with E-state index in [0.717, 1.165) is 4.47 Å². The molecule has 2 N–H and O–H groups in total. The number of benzene rings is 2. The van der Waals surface area contributed by atoms with Crippen LogP contribution in [0.2, 0.25) is 0 Å². The van der Waals surface area contributed by atoms with E-state index in [0.29, 0.717) is 16.8 Å². The number of allylic oxidation sites excluding steroid dienone is 1. The summed E-state index contributed by atoms with van der Waals surface area (Å²) in [5.74, 6) is -0.451. The van der Waals surface area contributed by atoms with Crippen LogP contribution in [0.3, 0.4) is 0 Å². The van der Waals surface area contributed by atoms with E-state index in [9.17, 15) is 14.7 Å². The molecule has 0 fully saturated rings. The van der Waals surface area contributed by atoms with E-state index < -0.39 is 11.7 Å². The number of amides is 1. The van der Waals surface area contributed by atoms with E-state index in [1.807, 2.05) is 0 Å². The average molecular weight is 418 g/mol. The summed E-state index contributed by atoms with van der Waals surface area (Å²) >= 11 is 3.31. The lowest BCUT2D eigenvalue weighted by molar-refractivity contribution is 0.0635. The average Bonchev–Trinajstić information content (AvgIpc) is 2.54. The van der Waals surface area contributed by atoms with Gasteiger partial charge in [0.1, 0.15) is 11.4 Å². The summed E-state index contributed by atoms with van der Waals surface area (Å²) in [6.45, 7) is 5.34. The Hall–Kier alpha value is -2.60. The van der Waals surface area contributed by atoms with Crippen LogP contribution in [0.5, 0.6) is 0 Å². The molecule has 0 saturated carbocycles. The van der Waals surface area contributed by atoms with Crippen molar-refractivity contribution in [2.24, 2.45) is 0 Å². The second-order valence-corrected chi connectivity index (χ2v) is 7.52. The molecule has 6 heteroatoms. The number of nitrogens with one attached hydrogen (secondary N) is 1. The number of aliphatic hydroxyl groups is 1. The van der Waals surface area contributed by atoms with Crippen LogP contribution in [0.4, 0.5) is 10.5 Å². The van der Waals surface area contributed by atoms with Gasteiger partial charge in [-0.3, -0.25) is 10.1 Å². The molecule has 2 rings (SSSR count). The van der Waals surface area contributed by atoms with Crippen molar-refractivity contribution in [3.05, 3.63) is 70.2 Å². The predicted octanol–water partition coefficient (Wildman–Crippen LogP) is 5.58. The number of aliphatic hydroxyl groups excluding tert-OH is 1. The van der Waals surface area contributed by atoms with E-state index in [1.165, 1.54) is 6.08 Å². The summed E-state index contributed by atoms with van der Waals surface area (Å²) in [5, 5.41) is 12.8. The molecule has 0 aliphatic heterocycles. The highest BCUT2D eigenvalue weighted by atomic mass is 79.9. The van der Waals surface area contributed by atoms with Crippen LogP contribution in [0, 0.1) is 0 Å². The van der Waals surface area contributed by atoms with E-state index in [-0.39, 0.29) is 11.5 Å². The number of anilines is 1. The van der Waals surface area contributed by atoms with Crippen LogP contribution in [0.15, 0.2) is 59.1 Å². The molecule has 0 atom stereocenters. The molecular formula is C20H20BrNO4. The number of hydrogen-bond donors (Lipinski definition) is 2. The van der Waals surface area contributed by atoms with Crippen molar-refractivity contribution in [1.29, 1.82) is 0 Å². The predicted molar refractivity (Wildman–Crippen MR) is 105 cm³/mol. The molecular weight excluding hydrogens is 398 g/mol. The zero-order valence-corrected chi connectivity index (χ0v) is 16.3. The van der Waals surface area contributed by atoms with E-state index in [2.05, 4.69) is 21.2 Å². The summed E-state index contributed by atoms with van der Waals surface area (Å²) < 4.78 is 6.04. The molecule has 0 saturated heterocycles. The minimum absolute atomic E-state index is 0.151. The van der Waals surface area contributed by atoms with E-state index >= 15 is 0 Å². The second-order valence-electron chi connectivity index (χ2n) is 6.60. The van der Waals surface area contributed by atoms with Crippen LogP contribution >= 0.6 is 15.9 Å². The lowest BCUT2D eigenvalue weighted by atomic mass is 10.1. The van der Waals surface area contributed by atoms with Crippen molar-refractivity contribution < 1.29 is 19.4 Å². The maximum absolute atomic E-state index is 12.2. The van der Waals surface area contributed by atoms with E-state index in [4.69, 9.17) is 4.74 Å². The molecule has 0 aliphatic rings. The molecule has 136 valence electrons. The van der Waals surface area contributed by atoms with Crippen LogP contribution in [0.1, 0.15) is 36.7 Å². The Balaban J connectivity index is 2.06. The number of carbonyl (C=O) groups excluding carboxylic acids is 2. The van der Waals surface area contributed by atoms with Gasteiger partial charge < -0.3 is 9.84 Å². The molecule has 5 nitrogen and oxygen atoms in total. The lowest BCUT2D eigenvalue weighted by Gasteiger charge is -2.19. The lowest BCUT2D eigenvalue weighted by Crippen LogP contribution is -2.27. The second kappa shape index (κ2) is 8.19. The summed E-state index contributed by atoms with van der Waals surface area (Å²) in [4.78, 5) is 23.9. The van der Waals surface area contributed by atoms with Crippen LogP contribution in [0.25, 0.3) is 5.76 Å². The number of ether oxygens (including phenoxy) is 1. The molecule has 0 radical (unpaired) electrons. The summed E-state index contributed by atoms with van der Waals surface area (Å²) in [7, 11) is 0. The molecule has 0 unspecified atom stereocenters. The van der Waals surface area contributed by atoms with Gasteiger partial charge in [0, 0.05) is 27.4 Å². The maximum Gasteiger partial charge on any atom is 0.412 e. The minimum Gasteiger partial charge on any atom is -0.507 e. The standard InChI is InChI=1S/C20H20BrNO4/c1-20(2,3)26-19(25)22-16-10-6-14(7-11-16)18(24)12-17(23)13-4-8-15(21)9-5-13/h4-12,24H,1-3H3,(H,22,25). The highest BCUT2D eigenvalue weighted by molar-refractivity contribution is 9.10. The monoisotopic (exact) mass is 417 g/mol. The molecule has 2 aromatic rings. The zero-order valence-electron chi connectivity index (χ0n) is 14.7. The number of rotatable bonds is 4. The summed E-state index contributed by atoms with van der Waals surface area (Å²) in [5.41, 5.74) is 0.876. The molecule has 0 heterocycles. The van der Waals surface area contributed by atoms with Gasteiger partial charge in [0.25, 0.3) is 0 Å². The van der Waals surface area contributed by atoms with Crippen molar-refractivity contribution in [3.63, 3.8) is 0 Å². The molecule has 0 aliphatic carbocycles. The molecule has 1 amide bonds. The fraction of sp³-hybridized carbons (Fsp3) is 0.200. The largest absolute Gasteiger partial charge is 0.507 e. The smallest absolute Gasteiger partial charge is 0.412 e. The molecule has 0 bridgehead atoms. The zero-order chi connectivity index (χ0) is 19.3. The normalized spacial score (nSPS) is 11.8. The number of halogens is 1. The fourth-order valence-electron chi connectivity index (χ4n) is 2.05. The van der Waals surface area contributed by atoms with E-state index in [1.54, 1.807) is 69.3 Å². The molecule has 26 heavy (non-hydrogen) atoms. The quantitative estimate of drug-likeness (QED) is 0.386. The molecule has 0 aromatic heterocycles. The molecule has 0 spiro atoms. The van der Waals surface area contributed by atoms with Gasteiger partial charge in [-0.25, -0.2) is 4.79 Å². The highest BCUT2D eigenvalue weighted by Gasteiger charge is 2.16. The number of hydrogen-bond acceptors (Lipinski definition) is 4. The van der Waals surface area contributed by atoms with Crippen molar-refractivity contribution in [2.75, 3.05) is 5.32 Å². The van der Waals surface area contributed by atoms with Gasteiger partial charge in [0.2, 0.25) is 0 Å². The van der Waals surface area contributed by atoms with Crippen molar-refractivity contribution in [1.82, 2.24) is 0 Å². The van der Waals surface area contributed by atoms with Crippen molar-refractivity contribution in [3.8, 4) is 0 Å². The van der Waals surface area contributed by atoms with Crippen LogP contribution in [-0.2, 0) is 4.74 Å². The number of carbonyl (C=O) groups is 2. The van der Waals surface area contributed by atoms with Gasteiger partial charge in [-0.05, 0) is 69.3 Å². The first-order chi connectivity index (χ1) is 12.1. The first kappa shape index (κ1) is 19.7. The Labute approximate surface area is 160 Å². The Kier molecular flexibility index (Phi) is 6.21. The Morgan fingerprint density at radius 3 is 2.08 bits per heavy atom. The third kappa shape index (κ3) is 6.04. The number of ketones is 1. The Morgan fingerprint density at radius 2 is 1.54 bits per heavy atom.